The minimum Gasteiger partial charge on any atom is -0.465 e. The largest absolute Gasteiger partial charge is 0.465 e. The number of methoxy groups -OCH3 is 1. The molecule has 0 saturated carbocycles. The maximum atomic E-state index is 11.9. The molecule has 1 aliphatic heterocycles. The third-order valence-electron chi connectivity index (χ3n) is 2.99. The fourth-order valence-corrected chi connectivity index (χ4v) is 3.69. The van der Waals surface area contributed by atoms with Crippen LogP contribution in [-0.4, -0.2) is 38.0 Å². The van der Waals surface area contributed by atoms with Crippen LogP contribution >= 0.6 is 28.1 Å². The summed E-state index contributed by atoms with van der Waals surface area (Å²) in [5.41, 5.74) is 2.81. The molecule has 0 spiro atoms. The van der Waals surface area contributed by atoms with Gasteiger partial charge in [0.1, 0.15) is 0 Å². The molecule has 0 fully saturated rings. The van der Waals surface area contributed by atoms with Gasteiger partial charge in [0, 0.05) is 29.1 Å². The molecule has 0 N–H and O–H groups in total. The molecule has 19 heavy (non-hydrogen) atoms. The number of nitrogens with zero attached hydrogens (tertiary/aromatic N) is 2. The number of hydrogen-bond donors (Lipinski definition) is 0. The van der Waals surface area contributed by atoms with Crippen molar-refractivity contribution in [2.75, 3.05) is 32.1 Å². The van der Waals surface area contributed by atoms with Gasteiger partial charge in [-0.15, -0.1) is 0 Å². The summed E-state index contributed by atoms with van der Waals surface area (Å²) in [6, 6.07) is 3.90. The molecule has 0 radical (unpaired) electrons. The predicted molar refractivity (Wildman–Crippen MR) is 82.5 cm³/mol. The molecule has 0 bridgehead atoms. The first-order valence-corrected chi connectivity index (χ1v) is 7.51. The first kappa shape index (κ1) is 14.7. The molecule has 1 unspecified atom stereocenters. The van der Waals surface area contributed by atoms with Crippen molar-refractivity contribution in [2.45, 2.75) is 12.8 Å². The molecule has 1 atom stereocenters. The maximum absolute atomic E-state index is 11.9. The van der Waals surface area contributed by atoms with Gasteiger partial charge in [-0.2, -0.15) is 0 Å². The van der Waals surface area contributed by atoms with E-state index in [0.29, 0.717) is 11.5 Å². The number of rotatable bonds is 3. The maximum Gasteiger partial charge on any atom is 0.338 e. The van der Waals surface area contributed by atoms with Gasteiger partial charge in [-0.25, -0.2) is 9.10 Å². The summed E-state index contributed by atoms with van der Waals surface area (Å²) in [6.45, 7) is 3.02. The van der Waals surface area contributed by atoms with Crippen LogP contribution in [0.5, 0.6) is 0 Å². The lowest BCUT2D eigenvalue weighted by atomic mass is 9.97. The monoisotopic (exact) mass is 344 g/mol. The van der Waals surface area contributed by atoms with Gasteiger partial charge < -0.3 is 9.04 Å². The summed E-state index contributed by atoms with van der Waals surface area (Å²) in [5.74, 6) is 0.0331. The standard InChI is InChI=1S/C13H17BrN2O2S/c1-8-7-16(19-15(2)3)11-6-9(14)5-10(12(8)11)13(17)18-4/h5-6,8H,7H2,1-4H3. The molecule has 6 heteroatoms. The second-order valence-electron chi connectivity index (χ2n) is 4.73. The van der Waals surface area contributed by atoms with E-state index in [1.54, 1.807) is 12.1 Å². The molecule has 0 saturated heterocycles. The van der Waals surface area contributed by atoms with Gasteiger partial charge in [-0.3, -0.25) is 0 Å². The second kappa shape index (κ2) is 5.73. The van der Waals surface area contributed by atoms with E-state index in [1.165, 1.54) is 7.11 Å². The molecule has 1 heterocycles. The Bertz CT molecular complexity index is 508. The van der Waals surface area contributed by atoms with E-state index in [2.05, 4.69) is 33.2 Å². The number of fused-ring (bicyclic) bond motifs is 1. The van der Waals surface area contributed by atoms with E-state index in [9.17, 15) is 4.79 Å². The minimum atomic E-state index is -0.277. The van der Waals surface area contributed by atoms with Crippen molar-refractivity contribution < 1.29 is 9.53 Å². The highest BCUT2D eigenvalue weighted by Crippen LogP contribution is 2.43. The zero-order valence-electron chi connectivity index (χ0n) is 11.4. The van der Waals surface area contributed by atoms with E-state index in [1.807, 2.05) is 24.5 Å². The van der Waals surface area contributed by atoms with Crippen LogP contribution in [0.4, 0.5) is 5.69 Å². The van der Waals surface area contributed by atoms with E-state index >= 15 is 0 Å². The molecule has 0 amide bonds. The van der Waals surface area contributed by atoms with Crippen molar-refractivity contribution in [1.29, 1.82) is 0 Å². The van der Waals surface area contributed by atoms with Crippen LogP contribution in [0, 0.1) is 0 Å². The minimum absolute atomic E-state index is 0.277. The first-order chi connectivity index (χ1) is 8.93. The van der Waals surface area contributed by atoms with Gasteiger partial charge in [0.05, 0.1) is 18.4 Å². The number of anilines is 1. The summed E-state index contributed by atoms with van der Waals surface area (Å²) >= 11 is 5.11. The lowest BCUT2D eigenvalue weighted by Gasteiger charge is -2.21. The van der Waals surface area contributed by atoms with Gasteiger partial charge in [0.2, 0.25) is 0 Å². The van der Waals surface area contributed by atoms with Crippen molar-refractivity contribution in [3.05, 3.63) is 27.7 Å². The molecule has 0 aromatic heterocycles. The summed E-state index contributed by atoms with van der Waals surface area (Å²) in [5, 5.41) is 0. The first-order valence-electron chi connectivity index (χ1n) is 5.98. The van der Waals surface area contributed by atoms with Gasteiger partial charge in [-0.05, 0) is 31.8 Å². The van der Waals surface area contributed by atoms with Crippen molar-refractivity contribution in [2.24, 2.45) is 0 Å². The molecule has 1 aliphatic rings. The summed E-state index contributed by atoms with van der Waals surface area (Å²) in [7, 11) is 5.43. The number of benzene rings is 1. The van der Waals surface area contributed by atoms with E-state index in [0.717, 1.165) is 22.3 Å². The summed E-state index contributed by atoms with van der Waals surface area (Å²) in [4.78, 5) is 11.9. The van der Waals surface area contributed by atoms with E-state index in [-0.39, 0.29) is 5.97 Å². The summed E-state index contributed by atoms with van der Waals surface area (Å²) < 4.78 is 10.0. The van der Waals surface area contributed by atoms with Crippen LogP contribution in [0.1, 0.15) is 28.8 Å². The molecule has 1 aromatic carbocycles. The fraction of sp³-hybridized carbons (Fsp3) is 0.462. The zero-order chi connectivity index (χ0) is 14.2. The number of carbonyl (C=O) groups is 1. The van der Waals surface area contributed by atoms with Gasteiger partial charge in [0.15, 0.2) is 0 Å². The SMILES string of the molecule is COC(=O)c1cc(Br)cc2c1C(C)CN2SN(C)C. The Morgan fingerprint density at radius 3 is 2.79 bits per heavy atom. The number of ether oxygens (including phenoxy) is 1. The average molecular weight is 345 g/mol. The second-order valence-corrected chi connectivity index (χ2v) is 6.98. The number of halogens is 1. The predicted octanol–water partition coefficient (Wildman–Crippen LogP) is 3.28. The highest BCUT2D eigenvalue weighted by atomic mass is 79.9. The summed E-state index contributed by atoms with van der Waals surface area (Å²) in [6.07, 6.45) is 0. The molecule has 1 aromatic rings. The molecule has 104 valence electrons. The fourth-order valence-electron chi connectivity index (χ4n) is 2.32. The van der Waals surface area contributed by atoms with E-state index in [4.69, 9.17) is 4.74 Å². The van der Waals surface area contributed by atoms with Crippen LogP contribution in [0.2, 0.25) is 0 Å². The molecular weight excluding hydrogens is 328 g/mol. The van der Waals surface area contributed by atoms with Gasteiger partial charge in [0.25, 0.3) is 0 Å². The molecule has 0 aliphatic carbocycles. The highest BCUT2D eigenvalue weighted by Gasteiger charge is 2.32. The number of hydrogen-bond acceptors (Lipinski definition) is 5. The zero-order valence-corrected chi connectivity index (χ0v) is 13.8. The third kappa shape index (κ3) is 2.90. The van der Waals surface area contributed by atoms with Gasteiger partial charge >= 0.3 is 5.97 Å². The Morgan fingerprint density at radius 2 is 2.21 bits per heavy atom. The Balaban J connectivity index is 2.49. The lowest BCUT2D eigenvalue weighted by Crippen LogP contribution is -2.18. The Morgan fingerprint density at radius 1 is 1.53 bits per heavy atom. The molecule has 4 nitrogen and oxygen atoms in total. The van der Waals surface area contributed by atoms with Crippen molar-refractivity contribution >= 4 is 39.7 Å². The Labute approximate surface area is 126 Å². The van der Waals surface area contributed by atoms with Crippen molar-refractivity contribution in [1.82, 2.24) is 4.31 Å². The van der Waals surface area contributed by atoms with Crippen LogP contribution in [0.3, 0.4) is 0 Å². The van der Waals surface area contributed by atoms with E-state index < -0.39 is 0 Å². The molecule has 2 rings (SSSR count). The lowest BCUT2D eigenvalue weighted by molar-refractivity contribution is 0.0599. The normalized spacial score (nSPS) is 17.8. The number of carbonyl (C=O) groups excluding carboxylic acids is 1. The smallest absolute Gasteiger partial charge is 0.338 e. The highest BCUT2D eigenvalue weighted by molar-refractivity contribution is 9.10. The average Bonchev–Trinajstić information content (AvgIpc) is 2.63. The van der Waals surface area contributed by atoms with Crippen LogP contribution in [0.15, 0.2) is 16.6 Å². The van der Waals surface area contributed by atoms with Crippen LogP contribution < -0.4 is 4.31 Å². The van der Waals surface area contributed by atoms with Crippen LogP contribution in [0.25, 0.3) is 0 Å². The van der Waals surface area contributed by atoms with Crippen molar-refractivity contribution in [3.63, 3.8) is 0 Å². The Hall–Kier alpha value is -0.720. The van der Waals surface area contributed by atoms with Gasteiger partial charge in [-0.1, -0.05) is 22.9 Å². The topological polar surface area (TPSA) is 32.8 Å². The molecular formula is C13H17BrN2O2S. The third-order valence-corrected chi connectivity index (χ3v) is 4.32. The van der Waals surface area contributed by atoms with Crippen molar-refractivity contribution in [3.8, 4) is 0 Å². The Kier molecular flexibility index (Phi) is 4.43. The quantitative estimate of drug-likeness (QED) is 0.620. The van der Waals surface area contributed by atoms with Crippen LogP contribution in [-0.2, 0) is 4.74 Å². The number of esters is 1.